The molecule has 0 saturated carbocycles. The molecule has 4 heterocycles. The van der Waals surface area contributed by atoms with Crippen LogP contribution in [0.25, 0.3) is 10.9 Å². The van der Waals surface area contributed by atoms with Crippen LogP contribution >= 0.6 is 49.6 Å². The molecule has 3 fully saturated rings. The number of carbonyl (C=O) groups is 1. The molecule has 5 rings (SSSR count). The highest BCUT2D eigenvalue weighted by Crippen LogP contribution is 2.20. The van der Waals surface area contributed by atoms with Gasteiger partial charge in [0.05, 0.1) is 11.4 Å². The zero-order valence-electron chi connectivity index (χ0n) is 21.8. The summed E-state index contributed by atoms with van der Waals surface area (Å²) >= 11 is 0. The SMILES string of the molecule is CN1CCC(N2CCN(CCN3CCCC(C(=O)Nn4ccc5ccccc54)C3)CC2)CC1.Cl.Cl.Cl.Cl. The Balaban J connectivity index is 0.00000171. The van der Waals surface area contributed by atoms with Crippen molar-refractivity contribution < 1.29 is 4.79 Å². The summed E-state index contributed by atoms with van der Waals surface area (Å²) in [6, 6.07) is 11.0. The normalized spacial score (nSPS) is 22.2. The molecule has 0 spiro atoms. The van der Waals surface area contributed by atoms with Gasteiger partial charge in [-0.15, -0.1) is 49.6 Å². The van der Waals surface area contributed by atoms with Gasteiger partial charge in [-0.25, -0.2) is 0 Å². The Morgan fingerprint density at radius 3 is 2.24 bits per heavy atom. The maximum atomic E-state index is 13.0. The van der Waals surface area contributed by atoms with Gasteiger partial charge in [0, 0.05) is 63.4 Å². The molecule has 3 saturated heterocycles. The molecule has 0 bridgehead atoms. The van der Waals surface area contributed by atoms with Gasteiger partial charge in [-0.2, -0.15) is 0 Å². The molecule has 1 aromatic heterocycles. The van der Waals surface area contributed by atoms with E-state index in [0.717, 1.165) is 56.0 Å². The summed E-state index contributed by atoms with van der Waals surface area (Å²) in [6.45, 7) is 11.5. The fourth-order valence-corrected chi connectivity index (χ4v) is 5.86. The number of aromatic nitrogens is 1. The van der Waals surface area contributed by atoms with Crippen LogP contribution in [0, 0.1) is 5.92 Å². The summed E-state index contributed by atoms with van der Waals surface area (Å²) in [5.41, 5.74) is 4.19. The van der Waals surface area contributed by atoms with Gasteiger partial charge in [0.2, 0.25) is 5.91 Å². The average molecular weight is 598 g/mol. The van der Waals surface area contributed by atoms with Crippen molar-refractivity contribution in [3.05, 3.63) is 36.5 Å². The predicted molar refractivity (Wildman–Crippen MR) is 163 cm³/mol. The molecule has 2 aromatic rings. The van der Waals surface area contributed by atoms with E-state index < -0.39 is 0 Å². The minimum atomic E-state index is 0. The summed E-state index contributed by atoms with van der Waals surface area (Å²) in [7, 11) is 2.24. The minimum absolute atomic E-state index is 0. The second-order valence-electron chi connectivity index (χ2n) is 10.3. The van der Waals surface area contributed by atoms with E-state index in [4.69, 9.17) is 0 Å². The van der Waals surface area contributed by atoms with E-state index in [0.29, 0.717) is 0 Å². The lowest BCUT2D eigenvalue weighted by molar-refractivity contribution is -0.122. The zero-order chi connectivity index (χ0) is 22.6. The van der Waals surface area contributed by atoms with Gasteiger partial charge in [0.1, 0.15) is 0 Å². The molecule has 1 N–H and O–H groups in total. The lowest BCUT2D eigenvalue weighted by Gasteiger charge is -2.42. The number of rotatable bonds is 6. The minimum Gasteiger partial charge on any atom is -0.306 e. The second kappa shape index (κ2) is 16.4. The molecule has 212 valence electrons. The highest BCUT2D eigenvalue weighted by Gasteiger charge is 2.28. The number of benzene rings is 1. The molecule has 1 atom stereocenters. The van der Waals surface area contributed by atoms with Crippen molar-refractivity contribution >= 4 is 66.4 Å². The van der Waals surface area contributed by atoms with Crippen molar-refractivity contribution in [3.63, 3.8) is 0 Å². The molecule has 11 heteroatoms. The largest absolute Gasteiger partial charge is 0.306 e. The summed E-state index contributed by atoms with van der Waals surface area (Å²) < 4.78 is 1.88. The number of nitrogens with one attached hydrogen (secondary N) is 1. The van der Waals surface area contributed by atoms with Gasteiger partial charge in [-0.05, 0) is 64.5 Å². The maximum Gasteiger partial charge on any atom is 0.243 e. The maximum absolute atomic E-state index is 13.0. The van der Waals surface area contributed by atoms with Gasteiger partial charge in [-0.3, -0.25) is 24.7 Å². The van der Waals surface area contributed by atoms with Crippen LogP contribution in [0.15, 0.2) is 36.5 Å². The number of carbonyl (C=O) groups excluding carboxylic acids is 1. The predicted octanol–water partition coefficient (Wildman–Crippen LogP) is 3.82. The van der Waals surface area contributed by atoms with E-state index >= 15 is 0 Å². The Morgan fingerprint density at radius 1 is 0.838 bits per heavy atom. The number of halogens is 4. The van der Waals surface area contributed by atoms with Crippen LogP contribution in [-0.4, -0.2) is 109 Å². The molecule has 1 unspecified atom stereocenters. The summed E-state index contributed by atoms with van der Waals surface area (Å²) in [5.74, 6) is 0.217. The van der Waals surface area contributed by atoms with Crippen LogP contribution in [0.2, 0.25) is 0 Å². The van der Waals surface area contributed by atoms with Crippen LogP contribution < -0.4 is 5.43 Å². The fourth-order valence-electron chi connectivity index (χ4n) is 5.86. The monoisotopic (exact) mass is 596 g/mol. The molecule has 0 aliphatic carbocycles. The highest BCUT2D eigenvalue weighted by molar-refractivity contribution is 5.89. The number of piperazine rings is 1. The first-order chi connectivity index (χ1) is 16.2. The number of nitrogens with zero attached hydrogens (tertiary/aromatic N) is 5. The number of piperidine rings is 2. The molecule has 1 aromatic carbocycles. The highest BCUT2D eigenvalue weighted by atomic mass is 35.5. The van der Waals surface area contributed by atoms with Crippen LogP contribution in [-0.2, 0) is 4.79 Å². The number of fused-ring (bicyclic) bond motifs is 1. The molecule has 1 amide bonds. The number of hydrogen-bond acceptors (Lipinski definition) is 5. The molecule has 0 radical (unpaired) electrons. The summed E-state index contributed by atoms with van der Waals surface area (Å²) in [5, 5.41) is 1.15. The average Bonchev–Trinajstić information content (AvgIpc) is 3.26. The Kier molecular flexibility index (Phi) is 15.1. The third-order valence-electron chi connectivity index (χ3n) is 8.05. The Hall–Kier alpha value is -0.770. The molecule has 3 aliphatic heterocycles. The second-order valence-corrected chi connectivity index (χ2v) is 10.3. The van der Waals surface area contributed by atoms with E-state index in [1.807, 2.05) is 23.0 Å². The smallest absolute Gasteiger partial charge is 0.243 e. The fraction of sp³-hybridized carbons (Fsp3) is 0.654. The number of hydrogen-bond donors (Lipinski definition) is 1. The first kappa shape index (κ1) is 34.3. The molecular weight excluding hydrogens is 554 g/mol. The van der Waals surface area contributed by atoms with Crippen molar-refractivity contribution in [1.29, 1.82) is 0 Å². The van der Waals surface area contributed by atoms with Crippen molar-refractivity contribution in [1.82, 2.24) is 24.3 Å². The number of para-hydroxylation sites is 1. The zero-order valence-corrected chi connectivity index (χ0v) is 25.1. The topological polar surface area (TPSA) is 47.0 Å². The third-order valence-corrected chi connectivity index (χ3v) is 8.05. The van der Waals surface area contributed by atoms with Crippen molar-refractivity contribution in [3.8, 4) is 0 Å². The van der Waals surface area contributed by atoms with E-state index in [1.165, 1.54) is 52.1 Å². The van der Waals surface area contributed by atoms with Gasteiger partial charge >= 0.3 is 0 Å². The first-order valence-corrected chi connectivity index (χ1v) is 12.9. The van der Waals surface area contributed by atoms with E-state index in [1.54, 1.807) is 0 Å². The standard InChI is InChI=1S/C26H40N6O.4ClH/c1-28-12-9-24(10-13-28)31-19-17-29(18-20-31)15-16-30-11-4-6-23(21-30)26(33)27-32-14-8-22-5-2-3-7-25(22)32;;;;/h2-3,5,7-8,14,23-24H,4,6,9-13,15-21H2,1H3,(H,27,33);4*1H. The Bertz CT molecular complexity index is 931. The lowest BCUT2D eigenvalue weighted by Crippen LogP contribution is -2.54. The number of amides is 1. The van der Waals surface area contributed by atoms with Gasteiger partial charge in [0.15, 0.2) is 0 Å². The van der Waals surface area contributed by atoms with Crippen LogP contribution in [0.5, 0.6) is 0 Å². The van der Waals surface area contributed by atoms with Crippen LogP contribution in [0.3, 0.4) is 0 Å². The molecule has 37 heavy (non-hydrogen) atoms. The third kappa shape index (κ3) is 8.87. The van der Waals surface area contributed by atoms with Crippen LogP contribution in [0.4, 0.5) is 0 Å². The van der Waals surface area contributed by atoms with Crippen molar-refractivity contribution in [2.24, 2.45) is 5.92 Å². The molecule has 7 nitrogen and oxygen atoms in total. The summed E-state index contributed by atoms with van der Waals surface area (Å²) in [6.07, 6.45) is 6.69. The Morgan fingerprint density at radius 2 is 1.51 bits per heavy atom. The van der Waals surface area contributed by atoms with Gasteiger partial charge in [0.25, 0.3) is 0 Å². The van der Waals surface area contributed by atoms with Crippen molar-refractivity contribution in [2.75, 3.05) is 77.9 Å². The first-order valence-electron chi connectivity index (χ1n) is 12.9. The molecule has 3 aliphatic rings. The van der Waals surface area contributed by atoms with Crippen LogP contribution in [0.1, 0.15) is 25.7 Å². The lowest BCUT2D eigenvalue weighted by atomic mass is 9.97. The van der Waals surface area contributed by atoms with Gasteiger partial charge in [-0.1, -0.05) is 18.2 Å². The number of likely N-dealkylation sites (tertiary alicyclic amines) is 2. The van der Waals surface area contributed by atoms with Gasteiger partial charge < -0.3 is 9.80 Å². The Labute approximate surface area is 246 Å². The molecular formula is C26H44Cl4N6O. The van der Waals surface area contributed by atoms with E-state index in [9.17, 15) is 4.79 Å². The van der Waals surface area contributed by atoms with E-state index in [-0.39, 0.29) is 61.5 Å². The quantitative estimate of drug-likeness (QED) is 0.548. The van der Waals surface area contributed by atoms with E-state index in [2.05, 4.69) is 50.3 Å². The summed E-state index contributed by atoms with van der Waals surface area (Å²) in [4.78, 5) is 23.3. The van der Waals surface area contributed by atoms with Crippen molar-refractivity contribution in [2.45, 2.75) is 31.7 Å².